The van der Waals surface area contributed by atoms with Crippen LogP contribution in [-0.2, 0) is 16.0 Å². The molecule has 1 amide bonds. The number of hydrogen-bond donors (Lipinski definition) is 2. The topological polar surface area (TPSA) is 75.6 Å². The fourth-order valence-electron chi connectivity index (χ4n) is 1.55. The number of amides is 1. The Morgan fingerprint density at radius 3 is 2.62 bits per heavy atom. The summed E-state index contributed by atoms with van der Waals surface area (Å²) in [7, 11) is 0. The average molecular weight is 312 g/mol. The lowest BCUT2D eigenvalue weighted by Crippen LogP contribution is -2.27. The first-order valence-electron chi connectivity index (χ1n) is 6.35. The number of benzene rings is 1. The molecule has 1 aromatic rings. The van der Waals surface area contributed by atoms with Crippen molar-refractivity contribution < 1.29 is 19.4 Å². The molecule has 0 unspecified atom stereocenters. The van der Waals surface area contributed by atoms with Crippen LogP contribution < -0.4 is 5.32 Å². The van der Waals surface area contributed by atoms with Crippen molar-refractivity contribution in [1.82, 2.24) is 0 Å². The van der Waals surface area contributed by atoms with Crippen LogP contribution in [-0.4, -0.2) is 22.8 Å². The van der Waals surface area contributed by atoms with Crippen LogP contribution in [0.4, 0.5) is 10.5 Å². The summed E-state index contributed by atoms with van der Waals surface area (Å²) >= 11 is 5.92. The van der Waals surface area contributed by atoms with Crippen LogP contribution in [0.15, 0.2) is 30.4 Å². The summed E-state index contributed by atoms with van der Waals surface area (Å²) in [5.41, 5.74) is 0.634. The molecule has 0 spiro atoms. The third-order valence-corrected chi connectivity index (χ3v) is 2.54. The Labute approximate surface area is 128 Å². The van der Waals surface area contributed by atoms with Crippen LogP contribution >= 0.6 is 11.6 Å². The highest BCUT2D eigenvalue weighted by Crippen LogP contribution is 2.22. The first kappa shape index (κ1) is 17.0. The SMILES string of the molecule is CC(C)(C)OC(=O)Nc1ccc(Cl)cc1C/C=C/C(=O)O. The maximum Gasteiger partial charge on any atom is 0.412 e. The van der Waals surface area contributed by atoms with E-state index in [-0.39, 0.29) is 0 Å². The summed E-state index contributed by atoms with van der Waals surface area (Å²) in [6, 6.07) is 4.95. The number of carbonyl (C=O) groups excluding carboxylic acids is 1. The van der Waals surface area contributed by atoms with Crippen LogP contribution in [0, 0.1) is 0 Å². The number of carbonyl (C=O) groups is 2. The highest BCUT2D eigenvalue weighted by atomic mass is 35.5. The second kappa shape index (κ2) is 7.13. The smallest absolute Gasteiger partial charge is 0.412 e. The third-order valence-electron chi connectivity index (χ3n) is 2.30. The van der Waals surface area contributed by atoms with Gasteiger partial charge in [-0.15, -0.1) is 0 Å². The molecule has 1 aromatic carbocycles. The molecule has 0 bridgehead atoms. The molecule has 5 nitrogen and oxygen atoms in total. The second-order valence-corrected chi connectivity index (χ2v) is 5.81. The Kier molecular flexibility index (Phi) is 5.79. The van der Waals surface area contributed by atoms with E-state index in [1.807, 2.05) is 0 Å². The van der Waals surface area contributed by atoms with Crippen LogP contribution in [0.3, 0.4) is 0 Å². The molecule has 114 valence electrons. The minimum Gasteiger partial charge on any atom is -0.478 e. The van der Waals surface area contributed by atoms with E-state index in [9.17, 15) is 9.59 Å². The molecule has 0 atom stereocenters. The fourth-order valence-corrected chi connectivity index (χ4v) is 1.75. The molecule has 0 heterocycles. The zero-order valence-electron chi connectivity index (χ0n) is 12.1. The Bertz CT molecular complexity index is 561. The number of hydrogen-bond acceptors (Lipinski definition) is 3. The van der Waals surface area contributed by atoms with Gasteiger partial charge in [0.25, 0.3) is 0 Å². The van der Waals surface area contributed by atoms with Gasteiger partial charge in [-0.05, 0) is 51.0 Å². The summed E-state index contributed by atoms with van der Waals surface area (Å²) in [6.45, 7) is 5.31. The predicted molar refractivity (Wildman–Crippen MR) is 81.8 cm³/mol. The molecule has 0 aliphatic rings. The Morgan fingerprint density at radius 2 is 2.05 bits per heavy atom. The lowest BCUT2D eigenvalue weighted by molar-refractivity contribution is -0.131. The van der Waals surface area contributed by atoms with Gasteiger partial charge < -0.3 is 9.84 Å². The van der Waals surface area contributed by atoms with E-state index >= 15 is 0 Å². The van der Waals surface area contributed by atoms with E-state index in [2.05, 4.69) is 5.32 Å². The molecule has 21 heavy (non-hydrogen) atoms. The largest absolute Gasteiger partial charge is 0.478 e. The van der Waals surface area contributed by atoms with E-state index in [4.69, 9.17) is 21.4 Å². The number of rotatable bonds is 4. The van der Waals surface area contributed by atoms with E-state index in [1.54, 1.807) is 39.0 Å². The van der Waals surface area contributed by atoms with Crippen LogP contribution in [0.1, 0.15) is 26.3 Å². The molecule has 0 fully saturated rings. The van der Waals surface area contributed by atoms with Gasteiger partial charge in [0, 0.05) is 16.8 Å². The van der Waals surface area contributed by atoms with Crippen molar-refractivity contribution in [2.75, 3.05) is 5.32 Å². The van der Waals surface area contributed by atoms with Gasteiger partial charge in [-0.25, -0.2) is 9.59 Å². The van der Waals surface area contributed by atoms with Gasteiger partial charge in [0.05, 0.1) is 0 Å². The van der Waals surface area contributed by atoms with E-state index in [1.165, 1.54) is 6.08 Å². The first-order chi connectivity index (χ1) is 9.67. The average Bonchev–Trinajstić information content (AvgIpc) is 2.29. The zero-order chi connectivity index (χ0) is 16.0. The quantitative estimate of drug-likeness (QED) is 0.828. The Hall–Kier alpha value is -2.01. The molecular formula is C15H18ClNO4. The number of carboxylic acids is 1. The number of allylic oxidation sites excluding steroid dienone is 1. The Morgan fingerprint density at radius 1 is 1.38 bits per heavy atom. The second-order valence-electron chi connectivity index (χ2n) is 5.37. The van der Waals surface area contributed by atoms with E-state index < -0.39 is 17.7 Å². The van der Waals surface area contributed by atoms with Crippen LogP contribution in [0.2, 0.25) is 5.02 Å². The highest BCUT2D eigenvalue weighted by molar-refractivity contribution is 6.30. The number of carboxylic acid groups (broad SMARTS) is 1. The number of ether oxygens (including phenoxy) is 1. The molecule has 0 aliphatic heterocycles. The molecule has 1 rings (SSSR count). The van der Waals surface area contributed by atoms with Crippen molar-refractivity contribution >= 4 is 29.4 Å². The van der Waals surface area contributed by atoms with Crippen LogP contribution in [0.5, 0.6) is 0 Å². The van der Waals surface area contributed by atoms with Gasteiger partial charge in [0.15, 0.2) is 0 Å². The highest BCUT2D eigenvalue weighted by Gasteiger charge is 2.17. The lowest BCUT2D eigenvalue weighted by atomic mass is 10.1. The number of aliphatic carboxylic acids is 1. The zero-order valence-corrected chi connectivity index (χ0v) is 12.9. The first-order valence-corrected chi connectivity index (χ1v) is 6.73. The van der Waals surface area contributed by atoms with Crippen LogP contribution in [0.25, 0.3) is 0 Å². The predicted octanol–water partition coefficient (Wildman–Crippen LogP) is 3.87. The van der Waals surface area contributed by atoms with Gasteiger partial charge in [-0.1, -0.05) is 17.7 Å². The summed E-state index contributed by atoms with van der Waals surface area (Å²) in [6.07, 6.45) is 2.28. The number of nitrogens with one attached hydrogen (secondary N) is 1. The molecule has 2 N–H and O–H groups in total. The van der Waals surface area contributed by atoms with Crippen molar-refractivity contribution in [3.05, 3.63) is 40.9 Å². The summed E-state index contributed by atoms with van der Waals surface area (Å²) in [5, 5.41) is 11.7. The van der Waals surface area contributed by atoms with Gasteiger partial charge >= 0.3 is 12.1 Å². The Balaban J connectivity index is 2.86. The normalized spacial score (nSPS) is 11.4. The molecular weight excluding hydrogens is 294 g/mol. The number of anilines is 1. The summed E-state index contributed by atoms with van der Waals surface area (Å²) in [4.78, 5) is 22.2. The molecule has 0 saturated carbocycles. The van der Waals surface area contributed by atoms with Crippen molar-refractivity contribution in [2.24, 2.45) is 0 Å². The third kappa shape index (κ3) is 6.81. The lowest BCUT2D eigenvalue weighted by Gasteiger charge is -2.20. The van der Waals surface area contributed by atoms with E-state index in [0.29, 0.717) is 22.7 Å². The molecule has 6 heteroatoms. The monoisotopic (exact) mass is 311 g/mol. The maximum atomic E-state index is 11.8. The summed E-state index contributed by atoms with van der Waals surface area (Å²) in [5.74, 6) is -1.03. The minimum atomic E-state index is -1.03. The van der Waals surface area contributed by atoms with Crippen molar-refractivity contribution in [3.8, 4) is 0 Å². The van der Waals surface area contributed by atoms with Crippen molar-refractivity contribution in [1.29, 1.82) is 0 Å². The van der Waals surface area contributed by atoms with E-state index in [0.717, 1.165) is 6.08 Å². The molecule has 0 aliphatic carbocycles. The van der Waals surface area contributed by atoms with Gasteiger partial charge in [0.2, 0.25) is 0 Å². The van der Waals surface area contributed by atoms with Gasteiger partial charge in [-0.2, -0.15) is 0 Å². The van der Waals surface area contributed by atoms with Crippen molar-refractivity contribution in [2.45, 2.75) is 32.8 Å². The summed E-state index contributed by atoms with van der Waals surface area (Å²) < 4.78 is 5.17. The molecule has 0 radical (unpaired) electrons. The molecule has 0 saturated heterocycles. The van der Waals surface area contributed by atoms with Crippen molar-refractivity contribution in [3.63, 3.8) is 0 Å². The van der Waals surface area contributed by atoms with Gasteiger partial charge in [-0.3, -0.25) is 5.32 Å². The number of halogens is 1. The fraction of sp³-hybridized carbons (Fsp3) is 0.333. The standard InChI is InChI=1S/C15H18ClNO4/c1-15(2,3)21-14(20)17-12-8-7-11(16)9-10(12)5-4-6-13(18)19/h4,6-9H,5H2,1-3H3,(H,17,20)(H,18,19)/b6-4+. The van der Waals surface area contributed by atoms with Gasteiger partial charge in [0.1, 0.15) is 5.60 Å². The minimum absolute atomic E-state index is 0.331. The maximum absolute atomic E-state index is 11.8. The molecule has 0 aromatic heterocycles.